The van der Waals surface area contributed by atoms with Gasteiger partial charge in [-0.15, -0.1) is 0 Å². The number of nitrogens with one attached hydrogen (secondary N) is 2. The molecule has 166 valence electrons. The van der Waals surface area contributed by atoms with Crippen LogP contribution in [-0.2, 0) is 0 Å². The van der Waals surface area contributed by atoms with Gasteiger partial charge in [-0.05, 0) is 73.8 Å². The van der Waals surface area contributed by atoms with Gasteiger partial charge in [-0.1, -0.05) is 67.1 Å². The van der Waals surface area contributed by atoms with Crippen LogP contribution in [0.3, 0.4) is 0 Å². The topological polar surface area (TPSA) is 44.3 Å². The summed E-state index contributed by atoms with van der Waals surface area (Å²) >= 11 is 0. The van der Waals surface area contributed by atoms with Crippen LogP contribution >= 0.6 is 0 Å². The van der Waals surface area contributed by atoms with E-state index in [1.165, 1.54) is 42.5 Å². The Balaban J connectivity index is 1.36. The van der Waals surface area contributed by atoms with Gasteiger partial charge in [0.25, 0.3) is 0 Å². The molecule has 1 saturated heterocycles. The number of fused-ring (bicyclic) bond motifs is 1. The third-order valence-corrected chi connectivity index (χ3v) is 7.58. The van der Waals surface area contributed by atoms with Crippen LogP contribution in [0.15, 0.2) is 66.7 Å². The first-order valence-corrected chi connectivity index (χ1v) is 12.1. The molecule has 0 radical (unpaired) electrons. The highest BCUT2D eigenvalue weighted by Crippen LogP contribution is 2.41. The molecule has 3 N–H and O–H groups in total. The maximum absolute atomic E-state index is 10.9. The summed E-state index contributed by atoms with van der Waals surface area (Å²) < 4.78 is 0. The summed E-state index contributed by atoms with van der Waals surface area (Å²) in [6.07, 6.45) is 6.07. The van der Waals surface area contributed by atoms with E-state index in [1.807, 2.05) is 24.3 Å². The van der Waals surface area contributed by atoms with E-state index in [9.17, 15) is 5.11 Å². The van der Waals surface area contributed by atoms with Gasteiger partial charge in [-0.25, -0.2) is 0 Å². The van der Waals surface area contributed by atoms with E-state index in [0.717, 1.165) is 23.1 Å². The first-order valence-electron chi connectivity index (χ1n) is 12.1. The van der Waals surface area contributed by atoms with Crippen LogP contribution in [-0.4, -0.2) is 17.2 Å². The van der Waals surface area contributed by atoms with Crippen LogP contribution in [0.4, 0.5) is 5.69 Å². The zero-order valence-electron chi connectivity index (χ0n) is 19.1. The van der Waals surface area contributed by atoms with Crippen molar-refractivity contribution in [1.82, 2.24) is 5.32 Å². The molecular weight excluding hydrogens is 392 g/mol. The molecule has 32 heavy (non-hydrogen) atoms. The minimum atomic E-state index is 0.196. The third-order valence-electron chi connectivity index (χ3n) is 7.58. The Morgan fingerprint density at radius 1 is 0.812 bits per heavy atom. The van der Waals surface area contributed by atoms with Gasteiger partial charge in [-0.2, -0.15) is 0 Å². The Morgan fingerprint density at radius 3 is 2.34 bits per heavy atom. The van der Waals surface area contributed by atoms with Crippen LogP contribution in [0.5, 0.6) is 5.75 Å². The summed E-state index contributed by atoms with van der Waals surface area (Å²) in [5.41, 5.74) is 7.14. The molecule has 0 bridgehead atoms. The number of aryl methyl sites for hydroxylation is 2. The van der Waals surface area contributed by atoms with E-state index in [2.05, 4.69) is 66.9 Å². The number of hydrogen-bond donors (Lipinski definition) is 3. The van der Waals surface area contributed by atoms with Gasteiger partial charge >= 0.3 is 0 Å². The fourth-order valence-corrected chi connectivity index (χ4v) is 5.84. The molecule has 3 aromatic carbocycles. The summed E-state index contributed by atoms with van der Waals surface area (Å²) in [5.74, 6) is 1.10. The van der Waals surface area contributed by atoms with Gasteiger partial charge in [0, 0.05) is 29.4 Å². The number of rotatable bonds is 4. The monoisotopic (exact) mass is 426 g/mol. The quantitative estimate of drug-likeness (QED) is 0.432. The second kappa shape index (κ2) is 8.99. The predicted octanol–water partition coefficient (Wildman–Crippen LogP) is 6.75. The molecular formula is C29H34N2O. The summed E-state index contributed by atoms with van der Waals surface area (Å²) in [6, 6.07) is 24.0. The average Bonchev–Trinajstić information content (AvgIpc) is 2.82. The molecule has 4 unspecified atom stereocenters. The van der Waals surface area contributed by atoms with Crippen LogP contribution in [0.25, 0.3) is 11.1 Å². The Morgan fingerprint density at radius 2 is 1.59 bits per heavy atom. The summed E-state index contributed by atoms with van der Waals surface area (Å²) in [6.45, 7) is 4.39. The van der Waals surface area contributed by atoms with Crippen LogP contribution < -0.4 is 10.6 Å². The van der Waals surface area contributed by atoms with Crippen LogP contribution in [0, 0.1) is 19.8 Å². The Hall–Kier alpha value is -2.78. The number of anilines is 1. The SMILES string of the molecule is Cc1cccc(C)c1NC1CCCC2CCC(c3ccc(-c4ccccc4)cc3O)NC21. The first-order chi connectivity index (χ1) is 15.6. The van der Waals surface area contributed by atoms with Gasteiger partial charge in [0.05, 0.1) is 0 Å². The Bertz CT molecular complexity index is 1060. The van der Waals surface area contributed by atoms with E-state index in [-0.39, 0.29) is 6.04 Å². The number of para-hydroxylation sites is 1. The lowest BCUT2D eigenvalue weighted by molar-refractivity contribution is 0.162. The number of benzene rings is 3. The van der Waals surface area contributed by atoms with Gasteiger partial charge in [-0.3, -0.25) is 0 Å². The number of piperidine rings is 1. The largest absolute Gasteiger partial charge is 0.508 e. The van der Waals surface area contributed by atoms with E-state index >= 15 is 0 Å². The predicted molar refractivity (Wildman–Crippen MR) is 133 cm³/mol. The maximum Gasteiger partial charge on any atom is 0.120 e. The van der Waals surface area contributed by atoms with Crippen molar-refractivity contribution in [2.75, 3.05) is 5.32 Å². The van der Waals surface area contributed by atoms with Crippen LogP contribution in [0.2, 0.25) is 0 Å². The van der Waals surface area contributed by atoms with Crippen molar-refractivity contribution in [3.8, 4) is 16.9 Å². The van der Waals surface area contributed by atoms with Gasteiger partial charge in [0.1, 0.15) is 5.75 Å². The van der Waals surface area contributed by atoms with Crippen molar-refractivity contribution in [1.29, 1.82) is 0 Å². The molecule has 5 rings (SSSR count). The van der Waals surface area contributed by atoms with Crippen molar-refractivity contribution >= 4 is 5.69 Å². The summed E-state index contributed by atoms with van der Waals surface area (Å²) in [7, 11) is 0. The Labute approximate surface area is 191 Å². The Kier molecular flexibility index (Phi) is 5.93. The fourth-order valence-electron chi connectivity index (χ4n) is 5.84. The lowest BCUT2D eigenvalue weighted by atomic mass is 9.74. The van der Waals surface area contributed by atoms with E-state index in [1.54, 1.807) is 0 Å². The molecule has 3 nitrogen and oxygen atoms in total. The number of phenolic OH excluding ortho intramolecular Hbond substituents is 1. The maximum atomic E-state index is 10.9. The number of hydrogen-bond acceptors (Lipinski definition) is 3. The average molecular weight is 427 g/mol. The molecule has 0 amide bonds. The normalized spacial score (nSPS) is 25.2. The van der Waals surface area contributed by atoms with E-state index in [0.29, 0.717) is 23.8 Å². The molecule has 2 fully saturated rings. The van der Waals surface area contributed by atoms with Crippen molar-refractivity contribution in [3.05, 3.63) is 83.4 Å². The van der Waals surface area contributed by atoms with E-state index < -0.39 is 0 Å². The highest BCUT2D eigenvalue weighted by Gasteiger charge is 2.39. The second-order valence-corrected chi connectivity index (χ2v) is 9.67. The smallest absolute Gasteiger partial charge is 0.120 e. The minimum Gasteiger partial charge on any atom is -0.508 e. The lowest BCUT2D eigenvalue weighted by Crippen LogP contribution is -2.55. The highest BCUT2D eigenvalue weighted by molar-refractivity contribution is 5.66. The standard InChI is InChI=1S/C29H34N2O/c1-19-8-6-9-20(2)28(19)31-26-13-7-12-22-15-17-25(30-29(22)26)24-16-14-23(18-27(24)32)21-10-4-3-5-11-21/h3-6,8-11,14,16,18,22,25-26,29-32H,7,12-13,15,17H2,1-2H3. The summed E-state index contributed by atoms with van der Waals surface area (Å²) in [5, 5.41) is 18.8. The minimum absolute atomic E-state index is 0.196. The van der Waals surface area contributed by atoms with Gasteiger partial charge in [0.2, 0.25) is 0 Å². The molecule has 1 heterocycles. The number of aromatic hydroxyl groups is 1. The van der Waals surface area contributed by atoms with Crippen molar-refractivity contribution in [2.24, 2.45) is 5.92 Å². The molecule has 3 aromatic rings. The third kappa shape index (κ3) is 4.14. The zero-order chi connectivity index (χ0) is 22.1. The van der Waals surface area contributed by atoms with E-state index in [4.69, 9.17) is 0 Å². The molecule has 0 spiro atoms. The fraction of sp³-hybridized carbons (Fsp3) is 0.379. The van der Waals surface area contributed by atoms with Gasteiger partial charge in [0.15, 0.2) is 0 Å². The molecule has 2 aliphatic rings. The molecule has 1 aliphatic carbocycles. The van der Waals surface area contributed by atoms with Crippen molar-refractivity contribution < 1.29 is 5.11 Å². The zero-order valence-corrected chi connectivity index (χ0v) is 19.1. The van der Waals surface area contributed by atoms with Gasteiger partial charge < -0.3 is 15.7 Å². The second-order valence-electron chi connectivity index (χ2n) is 9.67. The summed E-state index contributed by atoms with van der Waals surface area (Å²) in [4.78, 5) is 0. The van der Waals surface area contributed by atoms with Crippen molar-refractivity contribution in [3.63, 3.8) is 0 Å². The van der Waals surface area contributed by atoms with Crippen LogP contribution in [0.1, 0.15) is 54.8 Å². The molecule has 4 atom stereocenters. The number of phenols is 1. The molecule has 0 aromatic heterocycles. The molecule has 1 aliphatic heterocycles. The molecule has 1 saturated carbocycles. The highest BCUT2D eigenvalue weighted by atomic mass is 16.3. The van der Waals surface area contributed by atoms with Crippen molar-refractivity contribution in [2.45, 2.75) is 64.1 Å². The lowest BCUT2D eigenvalue weighted by Gasteiger charge is -2.46. The molecule has 3 heteroatoms. The first kappa shape index (κ1) is 21.1.